The molecule has 2 rings (SSSR count). The SMILES string of the molecule is Cc1ccsc1C1OCCCC1CNC(C)C. The summed E-state index contributed by atoms with van der Waals surface area (Å²) in [7, 11) is 0. The van der Waals surface area contributed by atoms with Crippen LogP contribution >= 0.6 is 11.3 Å². The molecule has 1 aliphatic rings. The smallest absolute Gasteiger partial charge is 0.0959 e. The van der Waals surface area contributed by atoms with Crippen LogP contribution in [-0.4, -0.2) is 19.2 Å². The van der Waals surface area contributed by atoms with Gasteiger partial charge in [-0.2, -0.15) is 0 Å². The average Bonchev–Trinajstić information content (AvgIpc) is 2.73. The van der Waals surface area contributed by atoms with Gasteiger partial charge in [0.05, 0.1) is 6.10 Å². The molecule has 1 aromatic heterocycles. The standard InChI is InChI=1S/C14H23NOS/c1-10(2)15-9-12-5-4-7-16-13(12)14-11(3)6-8-17-14/h6,8,10,12-13,15H,4-5,7,9H2,1-3H3. The van der Waals surface area contributed by atoms with Crippen LogP contribution in [0.25, 0.3) is 0 Å². The van der Waals surface area contributed by atoms with Gasteiger partial charge in [0.25, 0.3) is 0 Å². The fourth-order valence-corrected chi connectivity index (χ4v) is 3.47. The van der Waals surface area contributed by atoms with Crippen molar-refractivity contribution in [2.45, 2.75) is 45.8 Å². The van der Waals surface area contributed by atoms with Gasteiger partial charge in [-0.25, -0.2) is 0 Å². The van der Waals surface area contributed by atoms with Crippen molar-refractivity contribution in [2.75, 3.05) is 13.2 Å². The van der Waals surface area contributed by atoms with Crippen LogP contribution in [0.4, 0.5) is 0 Å². The molecule has 17 heavy (non-hydrogen) atoms. The Morgan fingerprint density at radius 2 is 2.35 bits per heavy atom. The third-order valence-corrected chi connectivity index (χ3v) is 4.47. The minimum absolute atomic E-state index is 0.315. The largest absolute Gasteiger partial charge is 0.372 e. The summed E-state index contributed by atoms with van der Waals surface area (Å²) in [5, 5.41) is 5.73. The highest BCUT2D eigenvalue weighted by Gasteiger charge is 2.29. The summed E-state index contributed by atoms with van der Waals surface area (Å²) in [6.45, 7) is 8.58. The van der Waals surface area contributed by atoms with Crippen molar-refractivity contribution in [3.05, 3.63) is 21.9 Å². The Labute approximate surface area is 108 Å². The van der Waals surface area contributed by atoms with Crippen LogP contribution in [0.15, 0.2) is 11.4 Å². The first-order valence-corrected chi connectivity index (χ1v) is 7.45. The predicted octanol–water partition coefficient (Wildman–Crippen LogP) is 3.52. The first-order valence-electron chi connectivity index (χ1n) is 6.57. The fourth-order valence-electron chi connectivity index (χ4n) is 2.41. The Hall–Kier alpha value is -0.380. The monoisotopic (exact) mass is 253 g/mol. The summed E-state index contributed by atoms with van der Waals surface area (Å²) in [6.07, 6.45) is 2.79. The molecule has 1 fully saturated rings. The van der Waals surface area contributed by atoms with Gasteiger partial charge in [0, 0.05) is 30.0 Å². The van der Waals surface area contributed by atoms with E-state index in [1.54, 1.807) is 0 Å². The Bertz CT molecular complexity index is 348. The van der Waals surface area contributed by atoms with Crippen LogP contribution in [0.5, 0.6) is 0 Å². The van der Waals surface area contributed by atoms with E-state index >= 15 is 0 Å². The molecule has 0 bridgehead atoms. The van der Waals surface area contributed by atoms with E-state index in [1.807, 2.05) is 11.3 Å². The van der Waals surface area contributed by atoms with Crippen molar-refractivity contribution in [1.29, 1.82) is 0 Å². The van der Waals surface area contributed by atoms with Crippen molar-refractivity contribution >= 4 is 11.3 Å². The molecule has 0 radical (unpaired) electrons. The first-order chi connectivity index (χ1) is 8.18. The second-order valence-corrected chi connectivity index (χ2v) is 6.17. The predicted molar refractivity (Wildman–Crippen MR) is 73.6 cm³/mol. The van der Waals surface area contributed by atoms with Crippen molar-refractivity contribution in [3.63, 3.8) is 0 Å². The van der Waals surface area contributed by atoms with Gasteiger partial charge in [-0.05, 0) is 36.8 Å². The van der Waals surface area contributed by atoms with E-state index in [2.05, 4.69) is 37.5 Å². The zero-order valence-corrected chi connectivity index (χ0v) is 11.8. The highest BCUT2D eigenvalue weighted by molar-refractivity contribution is 7.10. The topological polar surface area (TPSA) is 21.3 Å². The van der Waals surface area contributed by atoms with Gasteiger partial charge in [-0.15, -0.1) is 11.3 Å². The summed E-state index contributed by atoms with van der Waals surface area (Å²) in [4.78, 5) is 1.43. The Morgan fingerprint density at radius 1 is 1.53 bits per heavy atom. The maximum Gasteiger partial charge on any atom is 0.0959 e. The molecule has 1 aromatic rings. The molecular formula is C14H23NOS. The van der Waals surface area contributed by atoms with Crippen LogP contribution in [0.3, 0.4) is 0 Å². The van der Waals surface area contributed by atoms with Crippen LogP contribution < -0.4 is 5.32 Å². The minimum atomic E-state index is 0.315. The molecule has 0 aromatic carbocycles. The number of hydrogen-bond donors (Lipinski definition) is 1. The lowest BCUT2D eigenvalue weighted by Crippen LogP contribution is -2.34. The minimum Gasteiger partial charge on any atom is -0.372 e. The van der Waals surface area contributed by atoms with E-state index < -0.39 is 0 Å². The number of aryl methyl sites for hydroxylation is 1. The molecule has 0 amide bonds. The van der Waals surface area contributed by atoms with Gasteiger partial charge >= 0.3 is 0 Å². The molecule has 96 valence electrons. The van der Waals surface area contributed by atoms with Crippen LogP contribution in [-0.2, 0) is 4.74 Å². The normalized spacial score (nSPS) is 25.4. The Kier molecular flexibility index (Phi) is 4.60. The third kappa shape index (κ3) is 3.30. The summed E-state index contributed by atoms with van der Waals surface area (Å²) in [6, 6.07) is 2.76. The van der Waals surface area contributed by atoms with E-state index in [0.717, 1.165) is 13.2 Å². The molecule has 2 nitrogen and oxygen atoms in total. The van der Waals surface area contributed by atoms with Crippen LogP contribution in [0, 0.1) is 12.8 Å². The highest BCUT2D eigenvalue weighted by Crippen LogP contribution is 2.37. The number of ether oxygens (including phenoxy) is 1. The number of thiophene rings is 1. The molecule has 0 aliphatic carbocycles. The first kappa shape index (κ1) is 13.1. The van der Waals surface area contributed by atoms with Crippen LogP contribution in [0.1, 0.15) is 43.2 Å². The lowest BCUT2D eigenvalue weighted by Gasteiger charge is -2.32. The third-order valence-electron chi connectivity index (χ3n) is 3.39. The zero-order chi connectivity index (χ0) is 12.3. The quantitative estimate of drug-likeness (QED) is 0.886. The number of hydrogen-bond acceptors (Lipinski definition) is 3. The van der Waals surface area contributed by atoms with Gasteiger partial charge in [0.1, 0.15) is 0 Å². The van der Waals surface area contributed by atoms with Gasteiger partial charge in [-0.1, -0.05) is 13.8 Å². The summed E-state index contributed by atoms with van der Waals surface area (Å²) >= 11 is 1.84. The second kappa shape index (κ2) is 5.98. The summed E-state index contributed by atoms with van der Waals surface area (Å²) < 4.78 is 6.02. The number of rotatable bonds is 4. The Balaban J connectivity index is 2.04. The van der Waals surface area contributed by atoms with Crippen LogP contribution in [0.2, 0.25) is 0 Å². The summed E-state index contributed by atoms with van der Waals surface area (Å²) in [5.74, 6) is 0.628. The molecule has 0 spiro atoms. The van der Waals surface area contributed by atoms with Crippen molar-refractivity contribution in [2.24, 2.45) is 5.92 Å². The Morgan fingerprint density at radius 3 is 3.00 bits per heavy atom. The maximum atomic E-state index is 6.02. The van der Waals surface area contributed by atoms with Crippen molar-refractivity contribution in [1.82, 2.24) is 5.32 Å². The number of nitrogens with one attached hydrogen (secondary N) is 1. The summed E-state index contributed by atoms with van der Waals surface area (Å²) in [5.41, 5.74) is 1.39. The fraction of sp³-hybridized carbons (Fsp3) is 0.714. The van der Waals surface area contributed by atoms with E-state index in [1.165, 1.54) is 23.3 Å². The lowest BCUT2D eigenvalue weighted by atomic mass is 9.92. The zero-order valence-electron chi connectivity index (χ0n) is 11.0. The molecule has 2 unspecified atom stereocenters. The molecule has 1 N–H and O–H groups in total. The molecule has 1 saturated heterocycles. The highest BCUT2D eigenvalue weighted by atomic mass is 32.1. The molecule has 2 heterocycles. The second-order valence-electron chi connectivity index (χ2n) is 5.22. The van der Waals surface area contributed by atoms with Gasteiger partial charge < -0.3 is 10.1 Å². The van der Waals surface area contributed by atoms with E-state index in [9.17, 15) is 0 Å². The molecular weight excluding hydrogens is 230 g/mol. The average molecular weight is 253 g/mol. The van der Waals surface area contributed by atoms with Gasteiger partial charge in [0.15, 0.2) is 0 Å². The molecule has 0 saturated carbocycles. The van der Waals surface area contributed by atoms with E-state index in [0.29, 0.717) is 18.1 Å². The van der Waals surface area contributed by atoms with Gasteiger partial charge in [0.2, 0.25) is 0 Å². The van der Waals surface area contributed by atoms with E-state index in [4.69, 9.17) is 4.74 Å². The maximum absolute atomic E-state index is 6.02. The molecule has 3 heteroatoms. The van der Waals surface area contributed by atoms with Gasteiger partial charge in [-0.3, -0.25) is 0 Å². The lowest BCUT2D eigenvalue weighted by molar-refractivity contribution is -0.0263. The van der Waals surface area contributed by atoms with Crippen molar-refractivity contribution < 1.29 is 4.74 Å². The van der Waals surface area contributed by atoms with Crippen molar-refractivity contribution in [3.8, 4) is 0 Å². The molecule has 2 atom stereocenters. The van der Waals surface area contributed by atoms with E-state index in [-0.39, 0.29) is 0 Å². The molecule has 1 aliphatic heterocycles.